The summed E-state index contributed by atoms with van der Waals surface area (Å²) in [6.07, 6.45) is 6.17. The zero-order valence-electron chi connectivity index (χ0n) is 18.2. The first-order chi connectivity index (χ1) is 15.6. The maximum atomic E-state index is 12.9. The lowest BCUT2D eigenvalue weighted by Gasteiger charge is -2.33. The van der Waals surface area contributed by atoms with E-state index in [9.17, 15) is 9.90 Å². The molecule has 1 amide bonds. The van der Waals surface area contributed by atoms with E-state index in [-0.39, 0.29) is 18.1 Å². The summed E-state index contributed by atoms with van der Waals surface area (Å²) in [5.41, 5.74) is 4.34. The van der Waals surface area contributed by atoms with Gasteiger partial charge in [-0.2, -0.15) is 5.10 Å². The highest BCUT2D eigenvalue weighted by Crippen LogP contribution is 2.26. The Bertz CT molecular complexity index is 1090. The summed E-state index contributed by atoms with van der Waals surface area (Å²) in [5.74, 6) is -0.0404. The molecule has 2 fully saturated rings. The fraction of sp³-hybridized carbons (Fsp3) is 0.478. The number of morpholine rings is 1. The Morgan fingerprint density at radius 2 is 2.06 bits per heavy atom. The van der Waals surface area contributed by atoms with Crippen molar-refractivity contribution in [3.63, 3.8) is 0 Å². The molecule has 1 N–H and O–H groups in total. The standard InChI is InChI=1S/C23H28N6O3/c1-16-19(14-27-9-5-18(30)6-10-27)22-25-8-4-20(29(22)26-16)21-15-28(11-12-32-21)23(31)17-3-2-7-24-13-17/h2-4,7-8,13,18,21,30H,5-6,9-12,14-15H2,1H3/t21-/m0/s1. The van der Waals surface area contributed by atoms with Gasteiger partial charge in [0.15, 0.2) is 5.65 Å². The smallest absolute Gasteiger partial charge is 0.255 e. The van der Waals surface area contributed by atoms with Gasteiger partial charge in [0, 0.05) is 50.3 Å². The lowest BCUT2D eigenvalue weighted by atomic mass is 10.1. The second kappa shape index (κ2) is 8.93. The van der Waals surface area contributed by atoms with E-state index >= 15 is 0 Å². The molecule has 0 saturated carbocycles. The lowest BCUT2D eigenvalue weighted by Crippen LogP contribution is -2.42. The van der Waals surface area contributed by atoms with Gasteiger partial charge < -0.3 is 14.7 Å². The zero-order chi connectivity index (χ0) is 22.1. The Hall–Kier alpha value is -2.88. The predicted octanol–water partition coefficient (Wildman–Crippen LogP) is 1.60. The fourth-order valence-electron chi connectivity index (χ4n) is 4.53. The van der Waals surface area contributed by atoms with Gasteiger partial charge in [0.05, 0.1) is 36.2 Å². The number of carbonyl (C=O) groups excluding carboxylic acids is 1. The third-order valence-electron chi connectivity index (χ3n) is 6.37. The molecule has 5 heterocycles. The molecule has 0 radical (unpaired) electrons. The van der Waals surface area contributed by atoms with Crippen molar-refractivity contribution in [3.05, 3.63) is 59.3 Å². The molecular weight excluding hydrogens is 408 g/mol. The van der Waals surface area contributed by atoms with Gasteiger partial charge in [-0.3, -0.25) is 14.7 Å². The monoisotopic (exact) mass is 436 g/mol. The number of hydrogen-bond donors (Lipinski definition) is 1. The second-order valence-corrected chi connectivity index (χ2v) is 8.53. The minimum absolute atomic E-state index is 0.0404. The molecule has 9 heteroatoms. The number of pyridine rings is 1. The van der Waals surface area contributed by atoms with E-state index in [1.807, 2.05) is 22.4 Å². The lowest BCUT2D eigenvalue weighted by molar-refractivity contribution is -0.0257. The van der Waals surface area contributed by atoms with Gasteiger partial charge in [0.1, 0.15) is 6.10 Å². The van der Waals surface area contributed by atoms with Crippen molar-refractivity contribution in [2.75, 3.05) is 32.8 Å². The molecule has 1 atom stereocenters. The van der Waals surface area contributed by atoms with Crippen molar-refractivity contribution in [2.45, 2.75) is 38.5 Å². The van der Waals surface area contributed by atoms with Crippen molar-refractivity contribution in [3.8, 4) is 0 Å². The highest BCUT2D eigenvalue weighted by Gasteiger charge is 2.29. The average molecular weight is 437 g/mol. The van der Waals surface area contributed by atoms with E-state index in [1.165, 1.54) is 0 Å². The van der Waals surface area contributed by atoms with Crippen molar-refractivity contribution < 1.29 is 14.6 Å². The largest absolute Gasteiger partial charge is 0.393 e. The number of ether oxygens (including phenoxy) is 1. The summed E-state index contributed by atoms with van der Waals surface area (Å²) in [7, 11) is 0. The summed E-state index contributed by atoms with van der Waals surface area (Å²) in [6, 6.07) is 5.48. The van der Waals surface area contributed by atoms with Crippen LogP contribution in [0.15, 0.2) is 36.8 Å². The first-order valence-electron chi connectivity index (χ1n) is 11.1. The zero-order valence-corrected chi connectivity index (χ0v) is 18.2. The molecule has 0 aliphatic carbocycles. The number of aromatic nitrogens is 4. The molecule has 0 bridgehead atoms. The first-order valence-corrected chi connectivity index (χ1v) is 11.1. The van der Waals surface area contributed by atoms with E-state index in [4.69, 9.17) is 9.84 Å². The van der Waals surface area contributed by atoms with Crippen LogP contribution in [0.5, 0.6) is 0 Å². The van der Waals surface area contributed by atoms with E-state index < -0.39 is 0 Å². The van der Waals surface area contributed by atoms with Gasteiger partial charge in [0.2, 0.25) is 0 Å². The number of carbonyl (C=O) groups is 1. The maximum absolute atomic E-state index is 12.9. The minimum atomic E-state index is -0.285. The quantitative estimate of drug-likeness (QED) is 0.664. The topological polar surface area (TPSA) is 96.1 Å². The van der Waals surface area contributed by atoms with Crippen LogP contribution in [0, 0.1) is 6.92 Å². The number of nitrogens with zero attached hydrogens (tertiary/aromatic N) is 6. The normalized spacial score (nSPS) is 20.7. The van der Waals surface area contributed by atoms with Gasteiger partial charge in [0.25, 0.3) is 5.91 Å². The van der Waals surface area contributed by atoms with E-state index in [1.54, 1.807) is 30.7 Å². The summed E-state index contributed by atoms with van der Waals surface area (Å²) in [6.45, 7) is 5.96. The Morgan fingerprint density at radius 3 is 2.84 bits per heavy atom. The molecule has 2 aliphatic rings. The highest BCUT2D eigenvalue weighted by molar-refractivity contribution is 5.93. The summed E-state index contributed by atoms with van der Waals surface area (Å²) in [5, 5.41) is 14.6. The van der Waals surface area contributed by atoms with Gasteiger partial charge in [-0.15, -0.1) is 0 Å². The van der Waals surface area contributed by atoms with Crippen LogP contribution in [0.3, 0.4) is 0 Å². The van der Waals surface area contributed by atoms with Crippen LogP contribution in [-0.4, -0.2) is 79.3 Å². The van der Waals surface area contributed by atoms with Crippen LogP contribution >= 0.6 is 0 Å². The Balaban J connectivity index is 1.39. The molecule has 5 rings (SSSR count). The minimum Gasteiger partial charge on any atom is -0.393 e. The molecule has 0 spiro atoms. The average Bonchev–Trinajstić information content (AvgIpc) is 3.15. The van der Waals surface area contributed by atoms with Crippen LogP contribution < -0.4 is 0 Å². The number of fused-ring (bicyclic) bond motifs is 1. The number of likely N-dealkylation sites (tertiary alicyclic amines) is 1. The van der Waals surface area contributed by atoms with Crippen LogP contribution in [0.2, 0.25) is 0 Å². The maximum Gasteiger partial charge on any atom is 0.255 e. The predicted molar refractivity (Wildman–Crippen MR) is 117 cm³/mol. The van der Waals surface area contributed by atoms with Crippen molar-refractivity contribution in [2.24, 2.45) is 0 Å². The molecule has 168 valence electrons. The number of aryl methyl sites for hydroxylation is 1. The van der Waals surface area contributed by atoms with Gasteiger partial charge >= 0.3 is 0 Å². The van der Waals surface area contributed by atoms with Crippen LogP contribution in [0.1, 0.15) is 46.3 Å². The SMILES string of the molecule is Cc1nn2c([C@@H]3CN(C(=O)c4cccnc4)CCO3)ccnc2c1CN1CCC(O)CC1. The number of aliphatic hydroxyl groups is 1. The van der Waals surface area contributed by atoms with E-state index in [0.29, 0.717) is 25.3 Å². The highest BCUT2D eigenvalue weighted by atomic mass is 16.5. The van der Waals surface area contributed by atoms with E-state index in [0.717, 1.165) is 55.1 Å². The number of amides is 1. The van der Waals surface area contributed by atoms with E-state index in [2.05, 4.69) is 14.9 Å². The van der Waals surface area contributed by atoms with Crippen molar-refractivity contribution >= 4 is 11.6 Å². The summed E-state index contributed by atoms with van der Waals surface area (Å²) in [4.78, 5) is 25.8. The van der Waals surface area contributed by atoms with Crippen LogP contribution in [-0.2, 0) is 11.3 Å². The molecule has 32 heavy (non-hydrogen) atoms. The number of hydrogen-bond acceptors (Lipinski definition) is 7. The van der Waals surface area contributed by atoms with Gasteiger partial charge in [-0.1, -0.05) is 0 Å². The Labute approximate surface area is 186 Å². The number of piperidine rings is 1. The van der Waals surface area contributed by atoms with Crippen LogP contribution in [0.4, 0.5) is 0 Å². The summed E-state index contributed by atoms with van der Waals surface area (Å²) < 4.78 is 7.93. The first kappa shape index (κ1) is 21.0. The number of aliphatic hydroxyl groups excluding tert-OH is 1. The Morgan fingerprint density at radius 1 is 1.22 bits per heavy atom. The van der Waals surface area contributed by atoms with Crippen molar-refractivity contribution in [1.29, 1.82) is 0 Å². The molecule has 3 aromatic heterocycles. The van der Waals surface area contributed by atoms with Gasteiger partial charge in [-0.25, -0.2) is 9.50 Å². The molecule has 9 nitrogen and oxygen atoms in total. The third kappa shape index (κ3) is 4.11. The van der Waals surface area contributed by atoms with Crippen molar-refractivity contribution in [1.82, 2.24) is 29.4 Å². The number of rotatable bonds is 4. The fourth-order valence-corrected chi connectivity index (χ4v) is 4.53. The summed E-state index contributed by atoms with van der Waals surface area (Å²) >= 11 is 0. The molecule has 0 unspecified atom stereocenters. The molecular formula is C23H28N6O3. The molecule has 2 aliphatic heterocycles. The Kier molecular flexibility index (Phi) is 5.86. The second-order valence-electron chi connectivity index (χ2n) is 8.53. The molecule has 0 aromatic carbocycles. The molecule has 2 saturated heterocycles. The third-order valence-corrected chi connectivity index (χ3v) is 6.37. The van der Waals surface area contributed by atoms with Crippen LogP contribution in [0.25, 0.3) is 5.65 Å². The van der Waals surface area contributed by atoms with Gasteiger partial charge in [-0.05, 0) is 38.0 Å². The molecule has 3 aromatic rings.